The topological polar surface area (TPSA) is 76.0 Å². The lowest BCUT2D eigenvalue weighted by Crippen LogP contribution is -2.49. The molecule has 0 radical (unpaired) electrons. The van der Waals surface area contributed by atoms with E-state index in [1.807, 2.05) is 59.3 Å². The number of fused-ring (bicyclic) bond motifs is 1. The fraction of sp³-hybridized carbons (Fsp3) is 0.150. The molecule has 1 aliphatic rings. The van der Waals surface area contributed by atoms with Crippen molar-refractivity contribution in [2.75, 3.05) is 10.6 Å². The van der Waals surface area contributed by atoms with Gasteiger partial charge in [0.05, 0.1) is 12.0 Å². The van der Waals surface area contributed by atoms with Crippen molar-refractivity contribution in [1.29, 1.82) is 0 Å². The van der Waals surface area contributed by atoms with E-state index in [-0.39, 0.29) is 11.8 Å². The maximum Gasteiger partial charge on any atom is 0.250 e. The van der Waals surface area contributed by atoms with E-state index in [1.54, 1.807) is 19.4 Å². The lowest BCUT2D eigenvalue weighted by atomic mass is 10.1. The zero-order valence-corrected chi connectivity index (χ0v) is 15.5. The second-order valence-electron chi connectivity index (χ2n) is 6.48. The number of imidazole rings is 1. The molecule has 6 nitrogen and oxygen atoms in total. The minimum Gasteiger partial charge on any atom is -0.333 e. The number of nitrogens with zero attached hydrogens (tertiary/aromatic N) is 2. The van der Waals surface area contributed by atoms with Gasteiger partial charge in [-0.05, 0) is 36.8 Å². The zero-order chi connectivity index (χ0) is 18.9. The second-order valence-corrected chi connectivity index (χ2v) is 7.94. The second kappa shape index (κ2) is 6.92. The summed E-state index contributed by atoms with van der Waals surface area (Å²) in [5.74, 6) is -0.669. The highest BCUT2D eigenvalue weighted by molar-refractivity contribution is 8.02. The van der Waals surface area contributed by atoms with Crippen LogP contribution in [0.2, 0.25) is 0 Å². The third-order valence-electron chi connectivity index (χ3n) is 4.43. The maximum absolute atomic E-state index is 12.9. The first-order valence-corrected chi connectivity index (χ1v) is 9.32. The van der Waals surface area contributed by atoms with Gasteiger partial charge in [-0.15, -0.1) is 0 Å². The Morgan fingerprint density at radius 3 is 2.93 bits per heavy atom. The fourth-order valence-electron chi connectivity index (χ4n) is 2.91. The van der Waals surface area contributed by atoms with Gasteiger partial charge < -0.3 is 15.2 Å². The highest BCUT2D eigenvalue weighted by Crippen LogP contribution is 2.42. The van der Waals surface area contributed by atoms with E-state index in [4.69, 9.17) is 0 Å². The lowest BCUT2D eigenvalue weighted by Gasteiger charge is -2.31. The molecular formula is C20H18N4O2S. The summed E-state index contributed by atoms with van der Waals surface area (Å²) in [5.41, 5.74) is 2.42. The molecule has 0 fully saturated rings. The standard InChI is InChI=1S/C20H18N4O2S/c1-20(19(26)23-16-7-2-3-8-17(16)27-20)18(25)22-15-6-4-5-14(11-15)12-24-10-9-21-13-24/h2-11,13H,12H2,1H3,(H,22,25)(H,23,26). The summed E-state index contributed by atoms with van der Waals surface area (Å²) in [6, 6.07) is 15.1. The van der Waals surface area contributed by atoms with Crippen molar-refractivity contribution in [2.45, 2.75) is 23.1 Å². The molecule has 27 heavy (non-hydrogen) atoms. The van der Waals surface area contributed by atoms with E-state index < -0.39 is 4.75 Å². The number of para-hydroxylation sites is 1. The van der Waals surface area contributed by atoms with Crippen LogP contribution in [0.1, 0.15) is 12.5 Å². The van der Waals surface area contributed by atoms with Gasteiger partial charge in [0, 0.05) is 29.5 Å². The number of carbonyl (C=O) groups is 2. The summed E-state index contributed by atoms with van der Waals surface area (Å²) in [4.78, 5) is 30.4. The fourth-order valence-corrected chi connectivity index (χ4v) is 4.01. The average Bonchev–Trinajstić information content (AvgIpc) is 3.16. The first-order chi connectivity index (χ1) is 13.0. The third-order valence-corrected chi connectivity index (χ3v) is 5.78. The van der Waals surface area contributed by atoms with Crippen molar-refractivity contribution < 1.29 is 9.59 Å². The number of carbonyl (C=O) groups excluding carboxylic acids is 2. The minimum atomic E-state index is -1.24. The Morgan fingerprint density at radius 2 is 2.11 bits per heavy atom. The van der Waals surface area contributed by atoms with Gasteiger partial charge in [-0.2, -0.15) is 0 Å². The normalized spacial score (nSPS) is 18.5. The molecule has 1 aliphatic heterocycles. The molecule has 0 bridgehead atoms. The molecule has 7 heteroatoms. The monoisotopic (exact) mass is 378 g/mol. The molecule has 0 saturated heterocycles. The number of amides is 2. The van der Waals surface area contributed by atoms with Crippen LogP contribution in [0.5, 0.6) is 0 Å². The Balaban J connectivity index is 1.53. The summed E-state index contributed by atoms with van der Waals surface area (Å²) < 4.78 is 0.707. The van der Waals surface area contributed by atoms with Crippen LogP contribution in [0.3, 0.4) is 0 Å². The molecule has 0 spiro atoms. The molecular weight excluding hydrogens is 360 g/mol. The van der Waals surface area contributed by atoms with E-state index in [1.165, 1.54) is 11.8 Å². The van der Waals surface area contributed by atoms with Gasteiger partial charge in [0.2, 0.25) is 11.8 Å². The number of aromatic nitrogens is 2. The van der Waals surface area contributed by atoms with Gasteiger partial charge in [0.15, 0.2) is 4.75 Å². The van der Waals surface area contributed by atoms with E-state index in [2.05, 4.69) is 15.6 Å². The van der Waals surface area contributed by atoms with Crippen molar-refractivity contribution in [3.8, 4) is 0 Å². The Labute approximate surface area is 161 Å². The van der Waals surface area contributed by atoms with Gasteiger partial charge in [0.25, 0.3) is 0 Å². The van der Waals surface area contributed by atoms with Crippen LogP contribution in [-0.4, -0.2) is 26.1 Å². The quantitative estimate of drug-likeness (QED) is 0.683. The van der Waals surface area contributed by atoms with Gasteiger partial charge >= 0.3 is 0 Å². The number of benzene rings is 2. The molecule has 136 valence electrons. The molecule has 2 heterocycles. The summed E-state index contributed by atoms with van der Waals surface area (Å²) in [7, 11) is 0. The number of rotatable bonds is 4. The number of hydrogen-bond acceptors (Lipinski definition) is 4. The highest BCUT2D eigenvalue weighted by atomic mass is 32.2. The zero-order valence-electron chi connectivity index (χ0n) is 14.7. The number of anilines is 2. The molecule has 1 aromatic heterocycles. The SMILES string of the molecule is CC1(C(=O)Nc2cccc(Cn3ccnc3)c2)Sc2ccccc2NC1=O. The van der Waals surface area contributed by atoms with Gasteiger partial charge in [-0.1, -0.05) is 36.0 Å². The minimum absolute atomic E-state index is 0.321. The maximum atomic E-state index is 12.9. The van der Waals surface area contributed by atoms with Crippen molar-refractivity contribution in [2.24, 2.45) is 0 Å². The number of hydrogen-bond donors (Lipinski definition) is 2. The molecule has 2 N–H and O–H groups in total. The van der Waals surface area contributed by atoms with E-state index in [9.17, 15) is 9.59 Å². The molecule has 0 aliphatic carbocycles. The predicted molar refractivity (Wildman–Crippen MR) is 106 cm³/mol. The Morgan fingerprint density at radius 1 is 1.26 bits per heavy atom. The van der Waals surface area contributed by atoms with Crippen LogP contribution in [0.25, 0.3) is 0 Å². The van der Waals surface area contributed by atoms with Gasteiger partial charge in [0.1, 0.15) is 0 Å². The Hall–Kier alpha value is -3.06. The lowest BCUT2D eigenvalue weighted by molar-refractivity contribution is -0.126. The number of thioether (sulfide) groups is 1. The summed E-state index contributed by atoms with van der Waals surface area (Å²) in [6.07, 6.45) is 5.35. The largest absolute Gasteiger partial charge is 0.333 e. The molecule has 4 rings (SSSR count). The predicted octanol–water partition coefficient (Wildman–Crippen LogP) is 3.37. The first kappa shape index (κ1) is 17.4. The third kappa shape index (κ3) is 3.46. The summed E-state index contributed by atoms with van der Waals surface area (Å²) in [6.45, 7) is 2.30. The van der Waals surface area contributed by atoms with E-state index >= 15 is 0 Å². The molecule has 1 atom stereocenters. The smallest absolute Gasteiger partial charge is 0.250 e. The van der Waals surface area contributed by atoms with Crippen molar-refractivity contribution in [3.05, 3.63) is 72.8 Å². The van der Waals surface area contributed by atoms with Gasteiger partial charge in [-0.25, -0.2) is 4.98 Å². The van der Waals surface area contributed by atoms with Crippen LogP contribution in [0.4, 0.5) is 11.4 Å². The molecule has 0 saturated carbocycles. The van der Waals surface area contributed by atoms with Gasteiger partial charge in [-0.3, -0.25) is 9.59 Å². The van der Waals surface area contributed by atoms with Crippen LogP contribution in [0.15, 0.2) is 72.1 Å². The summed E-state index contributed by atoms with van der Waals surface area (Å²) in [5, 5.41) is 5.72. The Bertz CT molecular complexity index is 1000. The molecule has 2 aromatic carbocycles. The van der Waals surface area contributed by atoms with Crippen molar-refractivity contribution >= 4 is 35.0 Å². The van der Waals surface area contributed by atoms with Crippen LogP contribution in [-0.2, 0) is 16.1 Å². The summed E-state index contributed by atoms with van der Waals surface area (Å²) >= 11 is 1.27. The van der Waals surface area contributed by atoms with E-state index in [0.717, 1.165) is 16.1 Å². The number of nitrogens with one attached hydrogen (secondary N) is 2. The van der Waals surface area contributed by atoms with Crippen LogP contribution >= 0.6 is 11.8 Å². The van der Waals surface area contributed by atoms with Crippen LogP contribution < -0.4 is 10.6 Å². The Kier molecular flexibility index (Phi) is 4.45. The van der Waals surface area contributed by atoms with Crippen molar-refractivity contribution in [3.63, 3.8) is 0 Å². The van der Waals surface area contributed by atoms with Crippen LogP contribution in [0, 0.1) is 0 Å². The molecule has 2 amide bonds. The first-order valence-electron chi connectivity index (χ1n) is 8.50. The average molecular weight is 378 g/mol. The molecule has 3 aromatic rings. The van der Waals surface area contributed by atoms with E-state index in [0.29, 0.717) is 12.2 Å². The highest BCUT2D eigenvalue weighted by Gasteiger charge is 2.45. The molecule has 1 unspecified atom stereocenters. The van der Waals surface area contributed by atoms with Crippen molar-refractivity contribution in [1.82, 2.24) is 9.55 Å².